The number of rotatable bonds is 9. The Balaban J connectivity index is 2.09. The number of carbonyl (C=O) groups excluding carboxylic acids is 2. The molecule has 1 amide bonds. The van der Waals surface area contributed by atoms with E-state index in [2.05, 4.69) is 28.5 Å². The lowest BCUT2D eigenvalue weighted by atomic mass is 10.2. The molecule has 2 heterocycles. The standard InChI is InChI=1S/C18H23N5O3S2/c1-5-8-13-21-22-18(23(13)6-2)27-10-14(24)20-16-12(9-19)11(4)15(28-16)17(25)26-7-3/h5-8,10H2,1-4H3,(H,20,24). The van der Waals surface area contributed by atoms with Crippen molar-refractivity contribution in [1.82, 2.24) is 14.8 Å². The summed E-state index contributed by atoms with van der Waals surface area (Å²) in [7, 11) is 0. The molecule has 0 atom stereocenters. The van der Waals surface area contributed by atoms with Gasteiger partial charge >= 0.3 is 5.97 Å². The van der Waals surface area contributed by atoms with Gasteiger partial charge in [-0.05, 0) is 32.8 Å². The van der Waals surface area contributed by atoms with Crippen LogP contribution in [0.1, 0.15) is 53.8 Å². The molecule has 0 aliphatic heterocycles. The molecule has 0 aliphatic rings. The quantitative estimate of drug-likeness (QED) is 0.488. The summed E-state index contributed by atoms with van der Waals surface area (Å²) in [5, 5.41) is 21.5. The maximum atomic E-state index is 12.4. The molecular formula is C18H23N5O3S2. The largest absolute Gasteiger partial charge is 0.462 e. The van der Waals surface area contributed by atoms with E-state index >= 15 is 0 Å². The Labute approximate surface area is 172 Å². The number of ether oxygens (including phenoxy) is 1. The van der Waals surface area contributed by atoms with Crippen molar-refractivity contribution in [2.75, 3.05) is 17.7 Å². The number of amides is 1. The Morgan fingerprint density at radius 2 is 2.07 bits per heavy atom. The molecule has 0 spiro atoms. The molecule has 0 unspecified atom stereocenters. The van der Waals surface area contributed by atoms with Gasteiger partial charge in [-0.3, -0.25) is 4.79 Å². The minimum Gasteiger partial charge on any atom is -0.462 e. The normalized spacial score (nSPS) is 10.5. The van der Waals surface area contributed by atoms with Gasteiger partial charge in [0.25, 0.3) is 0 Å². The summed E-state index contributed by atoms with van der Waals surface area (Å²) >= 11 is 2.35. The molecule has 2 aromatic heterocycles. The van der Waals surface area contributed by atoms with E-state index in [1.165, 1.54) is 11.8 Å². The second kappa shape index (κ2) is 10.2. The van der Waals surface area contributed by atoms with Crippen LogP contribution in [0.4, 0.5) is 5.00 Å². The molecular weight excluding hydrogens is 398 g/mol. The zero-order chi connectivity index (χ0) is 20.7. The average Bonchev–Trinajstić information content (AvgIpc) is 3.20. The molecule has 2 aromatic rings. The molecule has 0 saturated carbocycles. The van der Waals surface area contributed by atoms with Gasteiger partial charge in [-0.1, -0.05) is 18.7 Å². The first kappa shape index (κ1) is 21.9. The molecule has 0 saturated heterocycles. The SMILES string of the molecule is CCCc1nnc(SCC(=O)Nc2sc(C(=O)OCC)c(C)c2C#N)n1CC. The molecule has 0 fully saturated rings. The van der Waals surface area contributed by atoms with Crippen molar-refractivity contribution >= 4 is 40.0 Å². The van der Waals surface area contributed by atoms with Crippen LogP contribution < -0.4 is 5.32 Å². The lowest BCUT2D eigenvalue weighted by molar-refractivity contribution is -0.113. The van der Waals surface area contributed by atoms with Crippen molar-refractivity contribution in [3.8, 4) is 6.07 Å². The lowest BCUT2D eigenvalue weighted by Gasteiger charge is -2.06. The van der Waals surface area contributed by atoms with Gasteiger partial charge in [0.05, 0.1) is 17.9 Å². The van der Waals surface area contributed by atoms with E-state index in [1.807, 2.05) is 11.5 Å². The predicted molar refractivity (Wildman–Crippen MR) is 109 cm³/mol. The average molecular weight is 422 g/mol. The first-order chi connectivity index (χ1) is 13.5. The maximum absolute atomic E-state index is 12.4. The van der Waals surface area contributed by atoms with E-state index in [0.717, 1.165) is 36.5 Å². The van der Waals surface area contributed by atoms with Crippen molar-refractivity contribution in [3.63, 3.8) is 0 Å². The molecule has 0 aromatic carbocycles. The fraction of sp³-hybridized carbons (Fsp3) is 0.500. The van der Waals surface area contributed by atoms with Crippen LogP contribution in [0, 0.1) is 18.3 Å². The van der Waals surface area contributed by atoms with Gasteiger partial charge in [0.1, 0.15) is 21.8 Å². The predicted octanol–water partition coefficient (Wildman–Crippen LogP) is 3.40. The van der Waals surface area contributed by atoms with Crippen molar-refractivity contribution in [2.24, 2.45) is 0 Å². The van der Waals surface area contributed by atoms with E-state index in [1.54, 1.807) is 13.8 Å². The highest BCUT2D eigenvalue weighted by atomic mass is 32.2. The molecule has 0 bridgehead atoms. The second-order valence-corrected chi connectivity index (χ2v) is 7.79. The zero-order valence-electron chi connectivity index (χ0n) is 16.4. The Morgan fingerprint density at radius 3 is 2.68 bits per heavy atom. The number of hydrogen-bond acceptors (Lipinski definition) is 8. The molecule has 0 aliphatic carbocycles. The van der Waals surface area contributed by atoms with E-state index < -0.39 is 5.97 Å². The smallest absolute Gasteiger partial charge is 0.348 e. The monoisotopic (exact) mass is 421 g/mol. The fourth-order valence-corrected chi connectivity index (χ4v) is 4.46. The van der Waals surface area contributed by atoms with Crippen LogP contribution in [0.3, 0.4) is 0 Å². The third kappa shape index (κ3) is 4.91. The topological polar surface area (TPSA) is 110 Å². The molecule has 0 radical (unpaired) electrons. The van der Waals surface area contributed by atoms with Gasteiger partial charge in [0.2, 0.25) is 5.91 Å². The van der Waals surface area contributed by atoms with Gasteiger partial charge in [0.15, 0.2) is 5.16 Å². The number of nitrogens with one attached hydrogen (secondary N) is 1. The minimum absolute atomic E-state index is 0.126. The van der Waals surface area contributed by atoms with Gasteiger partial charge in [-0.15, -0.1) is 21.5 Å². The highest BCUT2D eigenvalue weighted by Crippen LogP contribution is 2.33. The van der Waals surface area contributed by atoms with Gasteiger partial charge in [-0.25, -0.2) is 4.79 Å². The number of thiophene rings is 1. The number of carbonyl (C=O) groups is 2. The van der Waals surface area contributed by atoms with Gasteiger partial charge in [-0.2, -0.15) is 5.26 Å². The van der Waals surface area contributed by atoms with E-state index in [0.29, 0.717) is 20.6 Å². The highest BCUT2D eigenvalue weighted by molar-refractivity contribution is 7.99. The minimum atomic E-state index is -0.490. The Morgan fingerprint density at radius 1 is 1.32 bits per heavy atom. The molecule has 150 valence electrons. The van der Waals surface area contributed by atoms with Crippen molar-refractivity contribution in [2.45, 2.75) is 52.2 Å². The second-order valence-electron chi connectivity index (χ2n) is 5.82. The van der Waals surface area contributed by atoms with Crippen LogP contribution in [0.15, 0.2) is 5.16 Å². The molecule has 1 N–H and O–H groups in total. The summed E-state index contributed by atoms with van der Waals surface area (Å²) in [6.07, 6.45) is 1.81. The molecule has 10 heteroatoms. The van der Waals surface area contributed by atoms with Crippen LogP contribution in [-0.2, 0) is 22.5 Å². The lowest BCUT2D eigenvalue weighted by Crippen LogP contribution is -2.14. The highest BCUT2D eigenvalue weighted by Gasteiger charge is 2.22. The summed E-state index contributed by atoms with van der Waals surface area (Å²) in [5.41, 5.74) is 0.803. The third-order valence-corrected chi connectivity index (χ3v) is 6.04. The van der Waals surface area contributed by atoms with Crippen LogP contribution in [0.2, 0.25) is 0 Å². The van der Waals surface area contributed by atoms with Gasteiger partial charge in [0, 0.05) is 13.0 Å². The number of anilines is 1. The molecule has 8 nitrogen and oxygen atoms in total. The summed E-state index contributed by atoms with van der Waals surface area (Å²) in [6, 6.07) is 2.05. The number of thioether (sulfide) groups is 1. The van der Waals surface area contributed by atoms with E-state index in [4.69, 9.17) is 4.74 Å². The number of hydrogen-bond donors (Lipinski definition) is 1. The zero-order valence-corrected chi connectivity index (χ0v) is 18.0. The van der Waals surface area contributed by atoms with Crippen molar-refractivity contribution in [1.29, 1.82) is 5.26 Å². The van der Waals surface area contributed by atoms with Crippen LogP contribution in [-0.4, -0.2) is 39.0 Å². The van der Waals surface area contributed by atoms with E-state index in [9.17, 15) is 14.9 Å². The molecule has 28 heavy (non-hydrogen) atoms. The Hall–Kier alpha value is -2.38. The van der Waals surface area contributed by atoms with Crippen LogP contribution >= 0.6 is 23.1 Å². The maximum Gasteiger partial charge on any atom is 0.348 e. The number of aromatic nitrogens is 3. The number of aryl methyl sites for hydroxylation is 1. The Kier molecular flexibility index (Phi) is 8.02. The summed E-state index contributed by atoms with van der Waals surface area (Å²) < 4.78 is 7.00. The van der Waals surface area contributed by atoms with Crippen LogP contribution in [0.5, 0.6) is 0 Å². The third-order valence-electron chi connectivity index (χ3n) is 3.89. The number of nitriles is 1. The Bertz CT molecular complexity index is 898. The van der Waals surface area contributed by atoms with Crippen LogP contribution in [0.25, 0.3) is 0 Å². The number of esters is 1. The van der Waals surface area contributed by atoms with E-state index in [-0.39, 0.29) is 23.8 Å². The first-order valence-corrected chi connectivity index (χ1v) is 10.8. The summed E-state index contributed by atoms with van der Waals surface area (Å²) in [4.78, 5) is 24.7. The number of nitrogens with zero attached hydrogens (tertiary/aromatic N) is 4. The van der Waals surface area contributed by atoms with Crippen molar-refractivity contribution < 1.29 is 14.3 Å². The molecule has 2 rings (SSSR count). The fourth-order valence-electron chi connectivity index (χ4n) is 2.57. The van der Waals surface area contributed by atoms with Gasteiger partial charge < -0.3 is 14.6 Å². The summed E-state index contributed by atoms with van der Waals surface area (Å²) in [6.45, 7) is 8.45. The first-order valence-electron chi connectivity index (χ1n) is 9.01. The van der Waals surface area contributed by atoms with Crippen molar-refractivity contribution in [3.05, 3.63) is 21.8 Å². The summed E-state index contributed by atoms with van der Waals surface area (Å²) in [5.74, 6) is 0.269.